The second kappa shape index (κ2) is 9.91. The van der Waals surface area contributed by atoms with Crippen LogP contribution < -0.4 is 9.64 Å². The summed E-state index contributed by atoms with van der Waals surface area (Å²) in [6.07, 6.45) is 6.11. The molecule has 0 unspecified atom stereocenters. The molecule has 2 aromatic heterocycles. The summed E-state index contributed by atoms with van der Waals surface area (Å²) in [5.41, 5.74) is 2.28. The number of fused-ring (bicyclic) bond motifs is 1. The van der Waals surface area contributed by atoms with E-state index in [0.29, 0.717) is 6.04 Å². The van der Waals surface area contributed by atoms with Crippen molar-refractivity contribution in [1.82, 2.24) is 30.1 Å². The smallest absolute Gasteiger partial charge is 0.186 e. The van der Waals surface area contributed by atoms with Gasteiger partial charge < -0.3 is 9.64 Å². The van der Waals surface area contributed by atoms with Gasteiger partial charge in [-0.05, 0) is 53.1 Å². The minimum Gasteiger partial charge on any atom is -0.497 e. The molecule has 8 nitrogen and oxygen atoms in total. The molecule has 0 radical (unpaired) electrons. The fourth-order valence-electron chi connectivity index (χ4n) is 5.44. The van der Waals surface area contributed by atoms with Crippen LogP contribution in [0.15, 0.2) is 48.5 Å². The Bertz CT molecular complexity index is 1220. The lowest BCUT2D eigenvalue weighted by atomic mass is 9.95. The van der Waals surface area contributed by atoms with Crippen molar-refractivity contribution in [2.75, 3.05) is 38.2 Å². The van der Waals surface area contributed by atoms with Crippen molar-refractivity contribution < 1.29 is 4.74 Å². The SMILES string of the molecule is COc1ccc([C@@H](c2nnnn2C2CCCCC2)N2CCN(c3nc4ccccc4s3)CC2)cc1. The zero-order valence-corrected chi connectivity index (χ0v) is 20.9. The first-order valence-electron chi connectivity index (χ1n) is 12.6. The van der Waals surface area contributed by atoms with Crippen LogP contribution >= 0.6 is 11.3 Å². The van der Waals surface area contributed by atoms with Gasteiger partial charge in [-0.15, -0.1) is 5.10 Å². The number of ether oxygens (including phenoxy) is 1. The Balaban J connectivity index is 1.27. The molecule has 9 heteroatoms. The third kappa shape index (κ3) is 4.50. The molecule has 0 bridgehead atoms. The summed E-state index contributed by atoms with van der Waals surface area (Å²) < 4.78 is 8.78. The summed E-state index contributed by atoms with van der Waals surface area (Å²) in [7, 11) is 1.71. The first-order valence-corrected chi connectivity index (χ1v) is 13.4. The molecule has 0 N–H and O–H groups in total. The zero-order valence-electron chi connectivity index (χ0n) is 20.1. The third-order valence-electron chi connectivity index (χ3n) is 7.35. The number of hydrogen-bond acceptors (Lipinski definition) is 8. The number of thiazole rings is 1. The van der Waals surface area contributed by atoms with Crippen LogP contribution in [0.4, 0.5) is 5.13 Å². The molecule has 1 saturated heterocycles. The van der Waals surface area contributed by atoms with Gasteiger partial charge in [-0.2, -0.15) is 0 Å². The monoisotopic (exact) mass is 489 g/mol. The van der Waals surface area contributed by atoms with Crippen LogP contribution in [0.1, 0.15) is 55.6 Å². The van der Waals surface area contributed by atoms with Crippen molar-refractivity contribution in [3.63, 3.8) is 0 Å². The average Bonchev–Trinajstić information content (AvgIpc) is 3.58. The number of aromatic nitrogens is 5. The van der Waals surface area contributed by atoms with Crippen LogP contribution in [0.2, 0.25) is 0 Å². The van der Waals surface area contributed by atoms with E-state index in [2.05, 4.69) is 66.4 Å². The number of piperazine rings is 1. The molecule has 4 aromatic rings. The molecule has 1 atom stereocenters. The quantitative estimate of drug-likeness (QED) is 0.388. The van der Waals surface area contributed by atoms with Crippen molar-refractivity contribution in [3.8, 4) is 5.75 Å². The van der Waals surface area contributed by atoms with Crippen molar-refractivity contribution in [2.24, 2.45) is 0 Å². The van der Waals surface area contributed by atoms with Crippen molar-refractivity contribution in [2.45, 2.75) is 44.2 Å². The molecule has 2 aromatic carbocycles. The van der Waals surface area contributed by atoms with Crippen molar-refractivity contribution in [1.29, 1.82) is 0 Å². The van der Waals surface area contributed by atoms with Crippen LogP contribution in [0.5, 0.6) is 5.75 Å². The van der Waals surface area contributed by atoms with Gasteiger partial charge in [-0.25, -0.2) is 9.67 Å². The molecule has 182 valence electrons. The number of benzene rings is 2. The molecule has 3 heterocycles. The van der Waals surface area contributed by atoms with E-state index < -0.39 is 0 Å². The predicted molar refractivity (Wildman–Crippen MR) is 138 cm³/mol. The van der Waals surface area contributed by atoms with Crippen LogP contribution in [-0.2, 0) is 0 Å². The second-order valence-electron chi connectivity index (χ2n) is 9.44. The van der Waals surface area contributed by atoms with Gasteiger partial charge in [0.25, 0.3) is 0 Å². The molecule has 35 heavy (non-hydrogen) atoms. The topological polar surface area (TPSA) is 72.2 Å². The minimum absolute atomic E-state index is 0.00958. The van der Waals surface area contributed by atoms with Gasteiger partial charge in [0.1, 0.15) is 5.75 Å². The molecule has 0 amide bonds. The van der Waals surface area contributed by atoms with E-state index in [0.717, 1.165) is 61.2 Å². The van der Waals surface area contributed by atoms with Crippen molar-refractivity contribution >= 4 is 26.7 Å². The predicted octanol–water partition coefficient (Wildman–Crippen LogP) is 4.71. The Morgan fingerprint density at radius 1 is 0.943 bits per heavy atom. The maximum absolute atomic E-state index is 5.42. The molecule has 6 rings (SSSR count). The van der Waals surface area contributed by atoms with Gasteiger partial charge in [-0.3, -0.25) is 4.90 Å². The van der Waals surface area contributed by atoms with Crippen molar-refractivity contribution in [3.05, 3.63) is 59.9 Å². The first-order chi connectivity index (χ1) is 17.3. The van der Waals surface area contributed by atoms with Gasteiger partial charge in [-0.1, -0.05) is 54.9 Å². The molecule has 2 fully saturated rings. The highest BCUT2D eigenvalue weighted by Crippen LogP contribution is 2.35. The highest BCUT2D eigenvalue weighted by molar-refractivity contribution is 7.22. The van der Waals surface area contributed by atoms with E-state index in [1.807, 2.05) is 12.1 Å². The van der Waals surface area contributed by atoms with Gasteiger partial charge in [0.2, 0.25) is 0 Å². The summed E-state index contributed by atoms with van der Waals surface area (Å²) in [5.74, 6) is 1.82. The molecular weight excluding hydrogens is 458 g/mol. The average molecular weight is 490 g/mol. The Morgan fingerprint density at radius 3 is 2.46 bits per heavy atom. The molecule has 1 aliphatic carbocycles. The first kappa shape index (κ1) is 22.4. The summed E-state index contributed by atoms with van der Waals surface area (Å²) in [6, 6.07) is 17.2. The van der Waals surface area contributed by atoms with E-state index in [1.165, 1.54) is 29.5 Å². The van der Waals surface area contributed by atoms with E-state index in [-0.39, 0.29) is 6.04 Å². The van der Waals surface area contributed by atoms with Gasteiger partial charge in [0, 0.05) is 26.2 Å². The number of nitrogens with zero attached hydrogens (tertiary/aromatic N) is 7. The minimum atomic E-state index is 0.00958. The summed E-state index contributed by atoms with van der Waals surface area (Å²) in [4.78, 5) is 9.82. The van der Waals surface area contributed by atoms with E-state index in [9.17, 15) is 0 Å². The largest absolute Gasteiger partial charge is 0.497 e. The molecular formula is C26H31N7OS. The van der Waals surface area contributed by atoms with Gasteiger partial charge >= 0.3 is 0 Å². The van der Waals surface area contributed by atoms with E-state index >= 15 is 0 Å². The summed E-state index contributed by atoms with van der Waals surface area (Å²) in [5, 5.41) is 14.3. The Labute approximate surface area is 209 Å². The number of hydrogen-bond donors (Lipinski definition) is 0. The highest BCUT2D eigenvalue weighted by atomic mass is 32.1. The fourth-order valence-corrected chi connectivity index (χ4v) is 6.46. The molecule has 2 aliphatic rings. The van der Waals surface area contributed by atoms with Crippen LogP contribution in [0.3, 0.4) is 0 Å². The van der Waals surface area contributed by atoms with E-state index in [1.54, 1.807) is 18.4 Å². The van der Waals surface area contributed by atoms with Crippen LogP contribution in [0.25, 0.3) is 10.2 Å². The fraction of sp³-hybridized carbons (Fsp3) is 0.462. The Kier molecular flexibility index (Phi) is 6.35. The number of anilines is 1. The molecule has 1 saturated carbocycles. The highest BCUT2D eigenvalue weighted by Gasteiger charge is 2.33. The van der Waals surface area contributed by atoms with Gasteiger partial charge in [0.15, 0.2) is 11.0 Å². The molecule has 1 aliphatic heterocycles. The molecule has 0 spiro atoms. The van der Waals surface area contributed by atoms with Crippen LogP contribution in [0, 0.1) is 0 Å². The lowest BCUT2D eigenvalue weighted by Gasteiger charge is -2.39. The zero-order chi connectivity index (χ0) is 23.6. The van der Waals surface area contributed by atoms with Gasteiger partial charge in [0.05, 0.1) is 29.4 Å². The van der Waals surface area contributed by atoms with E-state index in [4.69, 9.17) is 9.72 Å². The maximum atomic E-state index is 5.42. The number of tetrazole rings is 1. The standard InChI is InChI=1S/C26H31N7OS/c1-34-21-13-11-19(12-14-21)24(25-28-29-30-33(25)20-7-3-2-4-8-20)31-15-17-32(18-16-31)26-27-22-9-5-6-10-23(22)35-26/h5-6,9-14,20,24H,2-4,7-8,15-18H2,1H3/t24-/m0/s1. The lowest BCUT2D eigenvalue weighted by molar-refractivity contribution is 0.193. The normalized spacial score (nSPS) is 18.7. The number of methoxy groups -OCH3 is 1. The number of rotatable bonds is 6. The summed E-state index contributed by atoms with van der Waals surface area (Å²) in [6.45, 7) is 3.70. The maximum Gasteiger partial charge on any atom is 0.186 e. The number of para-hydroxylation sites is 1. The summed E-state index contributed by atoms with van der Waals surface area (Å²) >= 11 is 1.78. The second-order valence-corrected chi connectivity index (χ2v) is 10.4. The van der Waals surface area contributed by atoms with Crippen LogP contribution in [-0.4, -0.2) is 63.4 Å². The Morgan fingerprint density at radius 2 is 1.71 bits per heavy atom. The Hall–Kier alpha value is -3.04. The lowest BCUT2D eigenvalue weighted by Crippen LogP contribution is -2.48. The third-order valence-corrected chi connectivity index (χ3v) is 8.44.